The van der Waals surface area contributed by atoms with Crippen LogP contribution in [0.4, 0.5) is 0 Å². The van der Waals surface area contributed by atoms with Gasteiger partial charge in [-0.05, 0) is 37.6 Å². The summed E-state index contributed by atoms with van der Waals surface area (Å²) < 4.78 is 5.42. The van der Waals surface area contributed by atoms with E-state index < -0.39 is 0 Å². The first kappa shape index (κ1) is 9.01. The summed E-state index contributed by atoms with van der Waals surface area (Å²) in [7, 11) is 1.81. The van der Waals surface area contributed by atoms with Crippen molar-refractivity contribution < 1.29 is 4.74 Å². The maximum Gasteiger partial charge on any atom is 0.0625 e. The molecule has 2 N–H and O–H groups in total. The van der Waals surface area contributed by atoms with Crippen LogP contribution in [0.2, 0.25) is 0 Å². The van der Waals surface area contributed by atoms with Crippen molar-refractivity contribution in [3.05, 3.63) is 0 Å². The summed E-state index contributed by atoms with van der Waals surface area (Å²) in [6.07, 6.45) is 5.34. The van der Waals surface area contributed by atoms with E-state index in [0.717, 1.165) is 19.4 Å². The van der Waals surface area contributed by atoms with Gasteiger partial charge in [0.2, 0.25) is 0 Å². The molecule has 0 aromatic rings. The fraction of sp³-hybridized carbons (Fsp3) is 1.00. The Bertz CT molecular complexity index is 117. The van der Waals surface area contributed by atoms with Crippen molar-refractivity contribution in [2.75, 3.05) is 13.7 Å². The zero-order valence-corrected chi connectivity index (χ0v) is 7.60. The maximum atomic E-state index is 5.55. The monoisotopic (exact) mass is 157 g/mol. The Morgan fingerprint density at radius 2 is 2.18 bits per heavy atom. The summed E-state index contributed by atoms with van der Waals surface area (Å²) in [4.78, 5) is 0. The van der Waals surface area contributed by atoms with Gasteiger partial charge in [0.1, 0.15) is 0 Å². The van der Waals surface area contributed by atoms with Gasteiger partial charge < -0.3 is 10.5 Å². The van der Waals surface area contributed by atoms with Crippen molar-refractivity contribution in [3.8, 4) is 0 Å². The minimum absolute atomic E-state index is 0.450. The third kappa shape index (κ3) is 1.74. The Labute approximate surface area is 69.1 Å². The first-order chi connectivity index (χ1) is 5.29. The standard InChI is InChI=1S/C9H19NO/c1-3-8(11-2)9(4-5-9)6-7-10/h8H,3-7,10H2,1-2H3. The molecule has 0 aromatic carbocycles. The molecule has 66 valence electrons. The molecule has 1 atom stereocenters. The van der Waals surface area contributed by atoms with Crippen LogP contribution in [0, 0.1) is 5.41 Å². The van der Waals surface area contributed by atoms with Crippen molar-refractivity contribution in [1.29, 1.82) is 0 Å². The van der Waals surface area contributed by atoms with Crippen LogP contribution < -0.4 is 5.73 Å². The van der Waals surface area contributed by atoms with E-state index in [4.69, 9.17) is 10.5 Å². The third-order valence-corrected chi connectivity index (χ3v) is 2.87. The van der Waals surface area contributed by atoms with Crippen LogP contribution in [0.3, 0.4) is 0 Å². The van der Waals surface area contributed by atoms with Gasteiger partial charge in [-0.3, -0.25) is 0 Å². The molecular weight excluding hydrogens is 138 g/mol. The average molecular weight is 157 g/mol. The van der Waals surface area contributed by atoms with Crippen molar-refractivity contribution in [2.45, 2.75) is 38.7 Å². The highest BCUT2D eigenvalue weighted by molar-refractivity contribution is 4.98. The van der Waals surface area contributed by atoms with Crippen molar-refractivity contribution in [2.24, 2.45) is 11.1 Å². The molecule has 1 saturated carbocycles. The predicted octanol–water partition coefficient (Wildman–Crippen LogP) is 1.54. The number of rotatable bonds is 5. The molecule has 2 heteroatoms. The van der Waals surface area contributed by atoms with Gasteiger partial charge in [-0.15, -0.1) is 0 Å². The second kappa shape index (κ2) is 3.55. The molecule has 0 amide bonds. The Morgan fingerprint density at radius 3 is 2.45 bits per heavy atom. The lowest BCUT2D eigenvalue weighted by atomic mass is 9.93. The SMILES string of the molecule is CCC(OC)C1(CCN)CC1. The first-order valence-electron chi connectivity index (χ1n) is 4.52. The lowest BCUT2D eigenvalue weighted by Crippen LogP contribution is -2.26. The summed E-state index contributed by atoms with van der Waals surface area (Å²) >= 11 is 0. The number of ether oxygens (including phenoxy) is 1. The molecule has 0 aliphatic heterocycles. The van der Waals surface area contributed by atoms with Gasteiger partial charge in [0.15, 0.2) is 0 Å². The molecule has 1 aliphatic rings. The van der Waals surface area contributed by atoms with Gasteiger partial charge >= 0.3 is 0 Å². The van der Waals surface area contributed by atoms with E-state index in [9.17, 15) is 0 Å². The van der Waals surface area contributed by atoms with E-state index in [1.54, 1.807) is 0 Å². The highest BCUT2D eigenvalue weighted by atomic mass is 16.5. The molecule has 0 saturated heterocycles. The van der Waals surface area contributed by atoms with Gasteiger partial charge in [0.25, 0.3) is 0 Å². The molecule has 1 rings (SSSR count). The quantitative estimate of drug-likeness (QED) is 0.657. The lowest BCUT2D eigenvalue weighted by molar-refractivity contribution is 0.0341. The van der Waals surface area contributed by atoms with E-state index in [1.165, 1.54) is 12.8 Å². The normalized spacial score (nSPS) is 23.2. The van der Waals surface area contributed by atoms with E-state index >= 15 is 0 Å². The highest BCUT2D eigenvalue weighted by Crippen LogP contribution is 2.53. The Morgan fingerprint density at radius 1 is 1.55 bits per heavy atom. The second-order valence-corrected chi connectivity index (χ2v) is 3.53. The number of hydrogen-bond acceptors (Lipinski definition) is 2. The van der Waals surface area contributed by atoms with Crippen LogP contribution in [0.25, 0.3) is 0 Å². The predicted molar refractivity (Wildman–Crippen MR) is 46.4 cm³/mol. The van der Waals surface area contributed by atoms with Gasteiger partial charge in [-0.25, -0.2) is 0 Å². The third-order valence-electron chi connectivity index (χ3n) is 2.87. The fourth-order valence-electron chi connectivity index (χ4n) is 2.03. The van der Waals surface area contributed by atoms with E-state index in [2.05, 4.69) is 6.92 Å². The second-order valence-electron chi connectivity index (χ2n) is 3.53. The van der Waals surface area contributed by atoms with Crippen LogP contribution in [0.5, 0.6) is 0 Å². The van der Waals surface area contributed by atoms with E-state index in [-0.39, 0.29) is 0 Å². The molecule has 1 unspecified atom stereocenters. The van der Waals surface area contributed by atoms with Crippen molar-refractivity contribution >= 4 is 0 Å². The average Bonchev–Trinajstić information content (AvgIpc) is 2.73. The number of hydrogen-bond donors (Lipinski definition) is 1. The minimum atomic E-state index is 0.450. The molecule has 1 fully saturated rings. The number of nitrogens with two attached hydrogens (primary N) is 1. The molecule has 11 heavy (non-hydrogen) atoms. The van der Waals surface area contributed by atoms with Gasteiger partial charge in [-0.1, -0.05) is 6.92 Å². The van der Waals surface area contributed by atoms with E-state index in [0.29, 0.717) is 11.5 Å². The Hall–Kier alpha value is -0.0800. The molecule has 0 heterocycles. The summed E-state index contributed by atoms with van der Waals surface area (Å²) in [6.45, 7) is 2.99. The topological polar surface area (TPSA) is 35.2 Å². The van der Waals surface area contributed by atoms with Gasteiger partial charge in [-0.2, -0.15) is 0 Å². The van der Waals surface area contributed by atoms with Gasteiger partial charge in [0.05, 0.1) is 6.10 Å². The summed E-state index contributed by atoms with van der Waals surface area (Å²) in [5.41, 5.74) is 6.02. The number of methoxy groups -OCH3 is 1. The molecule has 0 bridgehead atoms. The fourth-order valence-corrected chi connectivity index (χ4v) is 2.03. The van der Waals surface area contributed by atoms with Crippen molar-refractivity contribution in [3.63, 3.8) is 0 Å². The molecule has 1 aliphatic carbocycles. The molecule has 0 aromatic heterocycles. The molecular formula is C9H19NO. The first-order valence-corrected chi connectivity index (χ1v) is 4.52. The summed E-state index contributed by atoms with van der Waals surface area (Å²) in [5, 5.41) is 0. The summed E-state index contributed by atoms with van der Waals surface area (Å²) in [5.74, 6) is 0. The molecule has 0 radical (unpaired) electrons. The minimum Gasteiger partial charge on any atom is -0.381 e. The van der Waals surface area contributed by atoms with Gasteiger partial charge in [0, 0.05) is 7.11 Å². The van der Waals surface area contributed by atoms with Crippen LogP contribution >= 0.6 is 0 Å². The van der Waals surface area contributed by atoms with E-state index in [1.807, 2.05) is 7.11 Å². The lowest BCUT2D eigenvalue weighted by Gasteiger charge is -2.23. The molecule has 2 nitrogen and oxygen atoms in total. The maximum absolute atomic E-state index is 5.55. The van der Waals surface area contributed by atoms with Crippen LogP contribution in [-0.4, -0.2) is 19.8 Å². The van der Waals surface area contributed by atoms with Crippen LogP contribution in [0.1, 0.15) is 32.6 Å². The zero-order valence-electron chi connectivity index (χ0n) is 7.60. The largest absolute Gasteiger partial charge is 0.381 e. The smallest absolute Gasteiger partial charge is 0.0625 e. The zero-order chi connectivity index (χ0) is 8.32. The van der Waals surface area contributed by atoms with Crippen LogP contribution in [-0.2, 0) is 4.74 Å². The Kier molecular flexibility index (Phi) is 2.90. The summed E-state index contributed by atoms with van der Waals surface area (Å²) in [6, 6.07) is 0. The van der Waals surface area contributed by atoms with Crippen LogP contribution in [0.15, 0.2) is 0 Å². The highest BCUT2D eigenvalue weighted by Gasteiger charge is 2.47. The molecule has 0 spiro atoms. The Balaban J connectivity index is 2.41. The van der Waals surface area contributed by atoms with Crippen molar-refractivity contribution in [1.82, 2.24) is 0 Å².